The summed E-state index contributed by atoms with van der Waals surface area (Å²) >= 11 is 0. The quantitative estimate of drug-likeness (QED) is 0.625. The lowest BCUT2D eigenvalue weighted by atomic mass is 10.1. The van der Waals surface area contributed by atoms with E-state index in [2.05, 4.69) is 46.5 Å². The second-order valence-corrected chi connectivity index (χ2v) is 6.31. The van der Waals surface area contributed by atoms with Gasteiger partial charge in [0.1, 0.15) is 18.6 Å². The molecule has 0 atom stereocenters. The predicted octanol–water partition coefficient (Wildman–Crippen LogP) is 0.889. The lowest BCUT2D eigenvalue weighted by Crippen LogP contribution is -3.00. The van der Waals surface area contributed by atoms with Crippen molar-refractivity contribution in [3.63, 3.8) is 0 Å². The van der Waals surface area contributed by atoms with Gasteiger partial charge in [-0.3, -0.25) is 0 Å². The van der Waals surface area contributed by atoms with Gasteiger partial charge in [0.15, 0.2) is 5.69 Å². The number of aromatic nitrogens is 2. The highest BCUT2D eigenvalue weighted by molar-refractivity contribution is 5.58. The van der Waals surface area contributed by atoms with Crippen LogP contribution >= 0.6 is 0 Å². The van der Waals surface area contributed by atoms with Crippen LogP contribution in [-0.2, 0) is 19.5 Å². The number of halogens is 2. The standard InChI is InChI=1S/C20H20FN2.ClH/c1-15-4-2-5-16(12-15)13-22-14-19(23-11-3-6-20(22)23)17-7-9-18(21)10-8-17;/h2,4-5,7-10,12,14H,3,6,11,13H2,1H3;1H/q+1;/p-1. The minimum absolute atomic E-state index is 0. The molecule has 4 heteroatoms. The van der Waals surface area contributed by atoms with Crippen LogP contribution in [0.5, 0.6) is 0 Å². The van der Waals surface area contributed by atoms with E-state index in [1.54, 1.807) is 0 Å². The average Bonchev–Trinajstić information content (AvgIpc) is 3.12. The highest BCUT2D eigenvalue weighted by Gasteiger charge is 2.28. The number of aryl methyl sites for hydroxylation is 1. The third-order valence-corrected chi connectivity index (χ3v) is 4.57. The van der Waals surface area contributed by atoms with Gasteiger partial charge in [-0.05, 0) is 43.2 Å². The predicted molar refractivity (Wildman–Crippen MR) is 88.6 cm³/mol. The van der Waals surface area contributed by atoms with Gasteiger partial charge in [-0.15, -0.1) is 0 Å². The summed E-state index contributed by atoms with van der Waals surface area (Å²) in [6, 6.07) is 15.5. The molecule has 0 bridgehead atoms. The number of hydrogen-bond donors (Lipinski definition) is 0. The van der Waals surface area contributed by atoms with Crippen molar-refractivity contribution in [1.29, 1.82) is 0 Å². The molecule has 2 aromatic carbocycles. The van der Waals surface area contributed by atoms with Crippen LogP contribution in [0.2, 0.25) is 0 Å². The molecule has 1 aliphatic rings. The maximum absolute atomic E-state index is 13.2. The second-order valence-electron chi connectivity index (χ2n) is 6.31. The molecule has 0 unspecified atom stereocenters. The van der Waals surface area contributed by atoms with Crippen molar-refractivity contribution in [3.8, 4) is 11.3 Å². The van der Waals surface area contributed by atoms with E-state index in [0.717, 1.165) is 25.1 Å². The van der Waals surface area contributed by atoms with Gasteiger partial charge in [-0.1, -0.05) is 29.8 Å². The van der Waals surface area contributed by atoms with Gasteiger partial charge in [0.05, 0.1) is 13.0 Å². The van der Waals surface area contributed by atoms with Crippen molar-refractivity contribution in [2.24, 2.45) is 0 Å². The van der Waals surface area contributed by atoms with Crippen molar-refractivity contribution in [3.05, 3.63) is 77.5 Å². The van der Waals surface area contributed by atoms with Crippen molar-refractivity contribution in [2.75, 3.05) is 0 Å². The Balaban J connectivity index is 0.00000169. The molecule has 124 valence electrons. The zero-order chi connectivity index (χ0) is 15.8. The Morgan fingerprint density at radius 3 is 2.67 bits per heavy atom. The first-order chi connectivity index (χ1) is 11.2. The second kappa shape index (κ2) is 6.78. The molecule has 1 aliphatic heterocycles. The van der Waals surface area contributed by atoms with Gasteiger partial charge in [0.25, 0.3) is 5.82 Å². The summed E-state index contributed by atoms with van der Waals surface area (Å²) in [5.41, 5.74) is 4.88. The van der Waals surface area contributed by atoms with Crippen molar-refractivity contribution in [1.82, 2.24) is 4.57 Å². The molecule has 0 fully saturated rings. The fourth-order valence-corrected chi connectivity index (χ4v) is 3.50. The van der Waals surface area contributed by atoms with Gasteiger partial charge in [-0.2, -0.15) is 0 Å². The van der Waals surface area contributed by atoms with Crippen LogP contribution in [0.25, 0.3) is 11.3 Å². The monoisotopic (exact) mass is 342 g/mol. The van der Waals surface area contributed by atoms with E-state index in [1.165, 1.54) is 41.2 Å². The molecular weight excluding hydrogens is 323 g/mol. The molecule has 0 amide bonds. The van der Waals surface area contributed by atoms with Crippen molar-refractivity contribution < 1.29 is 21.4 Å². The van der Waals surface area contributed by atoms with Gasteiger partial charge in [0, 0.05) is 5.56 Å². The minimum atomic E-state index is -0.186. The van der Waals surface area contributed by atoms with Gasteiger partial charge < -0.3 is 12.4 Å². The zero-order valence-electron chi connectivity index (χ0n) is 13.7. The zero-order valence-corrected chi connectivity index (χ0v) is 14.4. The van der Waals surface area contributed by atoms with E-state index in [9.17, 15) is 4.39 Å². The Kier molecular flexibility index (Phi) is 4.72. The smallest absolute Gasteiger partial charge is 0.257 e. The maximum atomic E-state index is 13.2. The van der Waals surface area contributed by atoms with Crippen LogP contribution in [0.3, 0.4) is 0 Å². The lowest BCUT2D eigenvalue weighted by molar-refractivity contribution is -0.694. The summed E-state index contributed by atoms with van der Waals surface area (Å²) in [7, 11) is 0. The summed E-state index contributed by atoms with van der Waals surface area (Å²) in [6.45, 7) is 4.06. The highest BCUT2D eigenvalue weighted by Crippen LogP contribution is 2.25. The van der Waals surface area contributed by atoms with Gasteiger partial charge >= 0.3 is 0 Å². The van der Waals surface area contributed by atoms with E-state index in [-0.39, 0.29) is 18.2 Å². The molecular formula is C20H20ClFN2. The number of nitrogens with zero attached hydrogens (tertiary/aromatic N) is 2. The summed E-state index contributed by atoms with van der Waals surface area (Å²) < 4.78 is 17.9. The van der Waals surface area contributed by atoms with E-state index in [1.807, 2.05) is 12.1 Å². The van der Waals surface area contributed by atoms with Gasteiger partial charge in [-0.25, -0.2) is 13.5 Å². The Bertz CT molecular complexity index is 853. The molecule has 24 heavy (non-hydrogen) atoms. The van der Waals surface area contributed by atoms with Crippen LogP contribution in [0, 0.1) is 12.7 Å². The fourth-order valence-electron chi connectivity index (χ4n) is 3.50. The number of benzene rings is 2. The molecule has 0 radical (unpaired) electrons. The van der Waals surface area contributed by atoms with E-state index in [4.69, 9.17) is 0 Å². The van der Waals surface area contributed by atoms with E-state index >= 15 is 0 Å². The number of hydrogen-bond acceptors (Lipinski definition) is 0. The molecule has 0 N–H and O–H groups in total. The SMILES string of the molecule is Cc1cccc(C[n+]2cc(-c3ccc(F)cc3)n3c2CCC3)c1.[Cl-]. The first kappa shape index (κ1) is 16.7. The van der Waals surface area contributed by atoms with Crippen molar-refractivity contribution in [2.45, 2.75) is 32.9 Å². The fraction of sp³-hybridized carbons (Fsp3) is 0.250. The normalized spacial score (nSPS) is 12.8. The van der Waals surface area contributed by atoms with Crippen LogP contribution in [-0.4, -0.2) is 4.57 Å². The molecule has 0 saturated heterocycles. The number of imidazole rings is 1. The molecule has 0 spiro atoms. The average molecular weight is 343 g/mol. The molecule has 3 aromatic rings. The third-order valence-electron chi connectivity index (χ3n) is 4.57. The number of rotatable bonds is 3. The van der Waals surface area contributed by atoms with Crippen LogP contribution in [0.1, 0.15) is 23.4 Å². The Labute approximate surface area is 148 Å². The summed E-state index contributed by atoms with van der Waals surface area (Å²) in [5.74, 6) is 1.18. The largest absolute Gasteiger partial charge is 1.00 e. The number of fused-ring (bicyclic) bond motifs is 1. The summed E-state index contributed by atoms with van der Waals surface area (Å²) in [5, 5.41) is 0. The minimum Gasteiger partial charge on any atom is -1.00 e. The highest BCUT2D eigenvalue weighted by atomic mass is 35.5. The van der Waals surface area contributed by atoms with Crippen LogP contribution < -0.4 is 17.0 Å². The van der Waals surface area contributed by atoms with Crippen LogP contribution in [0.15, 0.2) is 54.7 Å². The van der Waals surface area contributed by atoms with Gasteiger partial charge in [0.2, 0.25) is 0 Å². The maximum Gasteiger partial charge on any atom is 0.257 e. The molecule has 1 aromatic heterocycles. The topological polar surface area (TPSA) is 8.81 Å². The molecule has 4 rings (SSSR count). The first-order valence-corrected chi connectivity index (χ1v) is 8.14. The Morgan fingerprint density at radius 1 is 1.12 bits per heavy atom. The summed E-state index contributed by atoms with van der Waals surface area (Å²) in [4.78, 5) is 0. The Hall–Kier alpha value is -2.13. The summed E-state index contributed by atoms with van der Waals surface area (Å²) in [6.07, 6.45) is 4.50. The molecule has 2 heterocycles. The van der Waals surface area contributed by atoms with E-state index < -0.39 is 0 Å². The molecule has 0 saturated carbocycles. The van der Waals surface area contributed by atoms with Crippen molar-refractivity contribution >= 4 is 0 Å². The van der Waals surface area contributed by atoms with Crippen LogP contribution in [0.4, 0.5) is 4.39 Å². The molecule has 0 aliphatic carbocycles. The Morgan fingerprint density at radius 2 is 1.92 bits per heavy atom. The lowest BCUT2D eigenvalue weighted by Gasteiger charge is -2.01. The molecule has 2 nitrogen and oxygen atoms in total. The first-order valence-electron chi connectivity index (χ1n) is 8.14. The third kappa shape index (κ3) is 3.09. The van der Waals surface area contributed by atoms with E-state index in [0.29, 0.717) is 0 Å².